The molecule has 0 bridgehead atoms. The van der Waals surface area contributed by atoms with Gasteiger partial charge in [-0.1, -0.05) is 12.1 Å². The van der Waals surface area contributed by atoms with E-state index in [0.717, 1.165) is 5.56 Å². The summed E-state index contributed by atoms with van der Waals surface area (Å²) in [6, 6.07) is 12.8. The maximum atomic E-state index is 12.7. The Morgan fingerprint density at radius 1 is 1.16 bits per heavy atom. The van der Waals surface area contributed by atoms with Crippen molar-refractivity contribution in [3.63, 3.8) is 0 Å². The second-order valence-electron chi connectivity index (χ2n) is 4.00. The fourth-order valence-corrected chi connectivity index (χ4v) is 1.55. The molecule has 0 saturated carbocycles. The molecule has 2 rings (SSSR count). The largest absolute Gasteiger partial charge is 0.399 e. The predicted octanol–water partition coefficient (Wildman–Crippen LogP) is 3.06. The number of amides is 1. The predicted molar refractivity (Wildman–Crippen MR) is 74.9 cm³/mol. The number of carbonyl (C=O) groups excluding carboxylic acids is 1. The molecule has 2 aromatic rings. The van der Waals surface area contributed by atoms with E-state index in [1.165, 1.54) is 30.3 Å². The lowest BCUT2D eigenvalue weighted by Crippen LogP contribution is -2.07. The van der Waals surface area contributed by atoms with Crippen molar-refractivity contribution in [1.82, 2.24) is 0 Å². The first kappa shape index (κ1) is 12.8. The molecule has 0 heterocycles. The van der Waals surface area contributed by atoms with Crippen LogP contribution in [0.2, 0.25) is 0 Å². The molecule has 0 radical (unpaired) electrons. The average Bonchev–Trinajstić information content (AvgIpc) is 2.39. The molecule has 0 aromatic heterocycles. The Bertz CT molecular complexity index is 606. The molecule has 0 unspecified atom stereocenters. The minimum atomic E-state index is -0.340. The molecule has 0 aliphatic carbocycles. The molecule has 96 valence electrons. The van der Waals surface area contributed by atoms with Crippen LogP contribution in [0.25, 0.3) is 6.08 Å². The van der Waals surface area contributed by atoms with Gasteiger partial charge in [-0.3, -0.25) is 4.79 Å². The highest BCUT2D eigenvalue weighted by Gasteiger charge is 1.98. The lowest BCUT2D eigenvalue weighted by atomic mass is 10.2. The Morgan fingerprint density at radius 2 is 1.89 bits per heavy atom. The van der Waals surface area contributed by atoms with Crippen molar-refractivity contribution in [3.05, 3.63) is 66.0 Å². The van der Waals surface area contributed by atoms with Crippen molar-refractivity contribution in [3.8, 4) is 0 Å². The number of carbonyl (C=O) groups is 1. The lowest BCUT2D eigenvalue weighted by Gasteiger charge is -2.01. The maximum absolute atomic E-state index is 12.7. The Hall–Kier alpha value is -2.62. The first-order valence-electron chi connectivity index (χ1n) is 5.74. The smallest absolute Gasteiger partial charge is 0.248 e. The average molecular weight is 256 g/mol. The molecule has 0 spiro atoms. The van der Waals surface area contributed by atoms with Crippen molar-refractivity contribution in [2.24, 2.45) is 0 Å². The number of halogens is 1. The fourth-order valence-electron chi connectivity index (χ4n) is 1.55. The number of hydrogen-bond acceptors (Lipinski definition) is 2. The molecule has 0 atom stereocenters. The Labute approximate surface area is 110 Å². The number of nitrogens with two attached hydrogens (primary N) is 1. The Kier molecular flexibility index (Phi) is 3.93. The zero-order valence-corrected chi connectivity index (χ0v) is 10.1. The highest BCUT2D eigenvalue weighted by Crippen LogP contribution is 2.10. The molecular formula is C15H13FN2O. The third-order valence-electron chi connectivity index (χ3n) is 2.45. The second-order valence-corrected chi connectivity index (χ2v) is 4.00. The summed E-state index contributed by atoms with van der Waals surface area (Å²) >= 11 is 0. The van der Waals surface area contributed by atoms with Gasteiger partial charge in [-0.15, -0.1) is 0 Å². The first-order valence-corrected chi connectivity index (χ1v) is 5.74. The topological polar surface area (TPSA) is 55.1 Å². The van der Waals surface area contributed by atoms with Gasteiger partial charge in [0.25, 0.3) is 0 Å². The molecule has 19 heavy (non-hydrogen) atoms. The number of nitrogen functional groups attached to an aromatic ring is 1. The van der Waals surface area contributed by atoms with Crippen molar-refractivity contribution in [2.75, 3.05) is 11.1 Å². The SMILES string of the molecule is Nc1cccc(/C=C/C(=O)Nc2ccc(F)cc2)c1. The quantitative estimate of drug-likeness (QED) is 0.655. The van der Waals surface area contributed by atoms with Crippen LogP contribution >= 0.6 is 0 Å². The summed E-state index contributed by atoms with van der Waals surface area (Å²) in [4.78, 5) is 11.6. The van der Waals surface area contributed by atoms with Crippen molar-refractivity contribution >= 4 is 23.4 Å². The minimum Gasteiger partial charge on any atom is -0.399 e. The zero-order valence-electron chi connectivity index (χ0n) is 10.1. The second kappa shape index (κ2) is 5.82. The molecular weight excluding hydrogens is 243 g/mol. The number of benzene rings is 2. The zero-order chi connectivity index (χ0) is 13.7. The van der Waals surface area contributed by atoms with Gasteiger partial charge in [0.2, 0.25) is 5.91 Å². The van der Waals surface area contributed by atoms with E-state index in [1.807, 2.05) is 12.1 Å². The van der Waals surface area contributed by atoms with Gasteiger partial charge >= 0.3 is 0 Å². The number of anilines is 2. The van der Waals surface area contributed by atoms with Crippen LogP contribution in [0, 0.1) is 5.82 Å². The van der Waals surface area contributed by atoms with Crippen LogP contribution < -0.4 is 11.1 Å². The van der Waals surface area contributed by atoms with Gasteiger partial charge in [0, 0.05) is 17.5 Å². The van der Waals surface area contributed by atoms with Gasteiger partial charge in [0.15, 0.2) is 0 Å². The molecule has 3 N–H and O–H groups in total. The normalized spacial score (nSPS) is 10.6. The van der Waals surface area contributed by atoms with E-state index in [9.17, 15) is 9.18 Å². The van der Waals surface area contributed by atoms with Crippen LogP contribution in [-0.4, -0.2) is 5.91 Å². The van der Waals surface area contributed by atoms with Gasteiger partial charge in [-0.2, -0.15) is 0 Å². The summed E-state index contributed by atoms with van der Waals surface area (Å²) in [6.07, 6.45) is 3.06. The monoisotopic (exact) mass is 256 g/mol. The third kappa shape index (κ3) is 3.96. The third-order valence-corrected chi connectivity index (χ3v) is 2.45. The number of nitrogens with one attached hydrogen (secondary N) is 1. The fraction of sp³-hybridized carbons (Fsp3) is 0. The van der Waals surface area contributed by atoms with Gasteiger partial charge in [-0.05, 0) is 48.0 Å². The molecule has 3 nitrogen and oxygen atoms in total. The molecule has 0 aliphatic rings. The lowest BCUT2D eigenvalue weighted by molar-refractivity contribution is -0.111. The molecule has 4 heteroatoms. The van der Waals surface area contributed by atoms with Crippen molar-refractivity contribution in [1.29, 1.82) is 0 Å². The van der Waals surface area contributed by atoms with E-state index in [2.05, 4.69) is 5.32 Å². The van der Waals surface area contributed by atoms with Crippen molar-refractivity contribution in [2.45, 2.75) is 0 Å². The van der Waals surface area contributed by atoms with Crippen LogP contribution in [0.15, 0.2) is 54.6 Å². The van der Waals surface area contributed by atoms with Crippen LogP contribution in [0.3, 0.4) is 0 Å². The van der Waals surface area contributed by atoms with E-state index >= 15 is 0 Å². The summed E-state index contributed by atoms with van der Waals surface area (Å²) < 4.78 is 12.7. The summed E-state index contributed by atoms with van der Waals surface area (Å²) in [5.41, 5.74) is 7.66. The highest BCUT2D eigenvalue weighted by molar-refractivity contribution is 6.01. The van der Waals surface area contributed by atoms with E-state index in [-0.39, 0.29) is 11.7 Å². The van der Waals surface area contributed by atoms with Gasteiger partial charge in [0.1, 0.15) is 5.82 Å². The number of rotatable bonds is 3. The Balaban J connectivity index is 1.99. The molecule has 2 aromatic carbocycles. The van der Waals surface area contributed by atoms with Crippen LogP contribution in [0.4, 0.5) is 15.8 Å². The van der Waals surface area contributed by atoms with Gasteiger partial charge in [0.05, 0.1) is 0 Å². The minimum absolute atomic E-state index is 0.283. The molecule has 0 aliphatic heterocycles. The summed E-state index contributed by atoms with van der Waals surface area (Å²) in [7, 11) is 0. The standard InChI is InChI=1S/C15H13FN2O/c16-12-5-7-14(8-6-12)18-15(19)9-4-11-2-1-3-13(17)10-11/h1-10H,17H2,(H,18,19)/b9-4+. The summed E-state index contributed by atoms with van der Waals surface area (Å²) in [5.74, 6) is -0.623. The van der Waals surface area contributed by atoms with Crippen LogP contribution in [-0.2, 0) is 4.79 Å². The van der Waals surface area contributed by atoms with E-state index in [4.69, 9.17) is 5.73 Å². The summed E-state index contributed by atoms with van der Waals surface area (Å²) in [6.45, 7) is 0. The van der Waals surface area contributed by atoms with Gasteiger partial charge in [-0.25, -0.2) is 4.39 Å². The van der Waals surface area contributed by atoms with E-state index in [1.54, 1.807) is 18.2 Å². The van der Waals surface area contributed by atoms with E-state index < -0.39 is 0 Å². The van der Waals surface area contributed by atoms with Crippen LogP contribution in [0.1, 0.15) is 5.56 Å². The summed E-state index contributed by atoms with van der Waals surface area (Å²) in [5, 5.41) is 2.63. The molecule has 0 fully saturated rings. The maximum Gasteiger partial charge on any atom is 0.248 e. The molecule has 1 amide bonds. The van der Waals surface area contributed by atoms with Gasteiger partial charge < -0.3 is 11.1 Å². The van der Waals surface area contributed by atoms with Crippen LogP contribution in [0.5, 0.6) is 0 Å². The number of hydrogen-bond donors (Lipinski definition) is 2. The van der Waals surface area contributed by atoms with E-state index in [0.29, 0.717) is 11.4 Å². The first-order chi connectivity index (χ1) is 9.13. The Morgan fingerprint density at radius 3 is 2.58 bits per heavy atom. The highest BCUT2D eigenvalue weighted by atomic mass is 19.1. The molecule has 0 saturated heterocycles. The van der Waals surface area contributed by atoms with Crippen molar-refractivity contribution < 1.29 is 9.18 Å².